The lowest BCUT2D eigenvalue weighted by Gasteiger charge is -2.12. The van der Waals surface area contributed by atoms with Crippen LogP contribution < -0.4 is 9.88 Å². The van der Waals surface area contributed by atoms with Crippen molar-refractivity contribution < 1.29 is 26.3 Å². The van der Waals surface area contributed by atoms with Crippen molar-refractivity contribution in [2.75, 3.05) is 0 Å². The van der Waals surface area contributed by atoms with E-state index in [1.54, 1.807) is 6.20 Å². The molecule has 0 amide bonds. The van der Waals surface area contributed by atoms with Crippen molar-refractivity contribution in [1.82, 2.24) is 15.0 Å². The Hall–Kier alpha value is -5.51. The highest BCUT2D eigenvalue weighted by atomic mass is 32.2. The molecule has 0 bridgehead atoms. The van der Waals surface area contributed by atoms with Gasteiger partial charge in [-0.2, -0.15) is 18.4 Å². The first-order chi connectivity index (χ1) is 21.1. The van der Waals surface area contributed by atoms with Crippen molar-refractivity contribution in [3.63, 3.8) is 0 Å². The van der Waals surface area contributed by atoms with Gasteiger partial charge in [0.25, 0.3) is 0 Å². The van der Waals surface area contributed by atoms with Crippen LogP contribution in [-0.4, -0.2) is 23.4 Å². The van der Waals surface area contributed by atoms with Crippen molar-refractivity contribution in [3.8, 4) is 40.1 Å². The van der Waals surface area contributed by atoms with Crippen LogP contribution in [0, 0.1) is 11.3 Å². The molecular weight excluding hydrogens is 591 g/mol. The van der Waals surface area contributed by atoms with E-state index < -0.39 is 21.9 Å². The number of aromatic nitrogens is 3. The molecule has 8 nitrogen and oxygen atoms in total. The van der Waals surface area contributed by atoms with Gasteiger partial charge in [-0.1, -0.05) is 66.7 Å². The largest absolute Gasteiger partial charge is 0.456 e. The van der Waals surface area contributed by atoms with Crippen LogP contribution in [0.25, 0.3) is 33.4 Å². The van der Waals surface area contributed by atoms with Crippen molar-refractivity contribution in [2.45, 2.75) is 11.1 Å². The first-order valence-corrected chi connectivity index (χ1v) is 14.5. The quantitative estimate of drug-likeness (QED) is 0.209. The summed E-state index contributed by atoms with van der Waals surface area (Å²) in [6.07, 6.45) is -2.03. The molecule has 2 aromatic heterocycles. The molecule has 0 radical (unpaired) electrons. The number of hydrogen-bond acceptors (Lipinski definition) is 6. The second-order valence-corrected chi connectivity index (χ2v) is 10.8. The third-order valence-corrected chi connectivity index (χ3v) is 7.33. The Morgan fingerprint density at radius 3 is 2.18 bits per heavy atom. The lowest BCUT2D eigenvalue weighted by Crippen LogP contribution is -2.14. The van der Waals surface area contributed by atoms with E-state index in [9.17, 15) is 26.9 Å². The Morgan fingerprint density at radius 1 is 0.818 bits per heavy atom. The number of benzene rings is 4. The number of fused-ring (bicyclic) bond motifs is 1. The van der Waals surface area contributed by atoms with Gasteiger partial charge in [-0.05, 0) is 42.0 Å². The molecule has 4 aromatic carbocycles. The third-order valence-electron chi connectivity index (χ3n) is 6.36. The number of sulfonamides is 1. The van der Waals surface area contributed by atoms with Gasteiger partial charge >= 0.3 is 6.18 Å². The van der Waals surface area contributed by atoms with Crippen LogP contribution >= 0.6 is 0 Å². The number of rotatable bonds is 5. The Labute approximate surface area is 250 Å². The fraction of sp³-hybridized carbons (Fsp3) is 0.0312. The van der Waals surface area contributed by atoms with Crippen LogP contribution in [0.4, 0.5) is 13.2 Å². The molecule has 220 valence electrons. The van der Waals surface area contributed by atoms with Gasteiger partial charge in [-0.25, -0.2) is 23.5 Å². The number of nitrogens with one attached hydrogen (secondary N) is 1. The third kappa shape index (κ3) is 6.59. The summed E-state index contributed by atoms with van der Waals surface area (Å²) in [6, 6.07) is 32.0. The minimum Gasteiger partial charge on any atom is -0.456 e. The molecule has 12 heteroatoms. The average Bonchev–Trinajstić information content (AvgIpc) is 3.46. The van der Waals surface area contributed by atoms with Crippen LogP contribution in [0.2, 0.25) is 0 Å². The molecule has 0 aliphatic rings. The summed E-state index contributed by atoms with van der Waals surface area (Å²) in [5.74, 6) is 1.08. The monoisotopic (exact) mass is 613 g/mol. The Bertz CT molecular complexity index is 2090. The van der Waals surface area contributed by atoms with Crippen molar-refractivity contribution >= 4 is 20.9 Å². The first kappa shape index (κ1) is 30.0. The molecule has 0 spiro atoms. The maximum Gasteiger partial charge on any atom is 0.433 e. The van der Waals surface area contributed by atoms with Gasteiger partial charge in [0.05, 0.1) is 21.4 Å². The zero-order valence-corrected chi connectivity index (χ0v) is 23.5. The Morgan fingerprint density at radius 2 is 1.48 bits per heavy atom. The number of nitriles is 1. The minimum atomic E-state index is -4.64. The molecule has 0 fully saturated rings. The fourth-order valence-corrected chi connectivity index (χ4v) is 5.13. The Balaban J connectivity index is 0.000000178. The van der Waals surface area contributed by atoms with E-state index >= 15 is 0 Å². The number of primary sulfonamides is 1. The van der Waals surface area contributed by atoms with Gasteiger partial charge in [-0.3, -0.25) is 0 Å². The summed E-state index contributed by atoms with van der Waals surface area (Å²) >= 11 is 0. The van der Waals surface area contributed by atoms with Gasteiger partial charge in [0.15, 0.2) is 5.82 Å². The number of H-pyrrole nitrogens is 1. The standard InChI is InChI=1S/C21H14N2O.C11H8F3N3O2S/c22-13-16-14-23-18-10-6-12-20(21(16)18)24-19-11-5-4-9-17(19)15-7-2-1-3-8-15;12-11(13,14)9-5-6-16-10(17-9)7-3-1-2-4-8(7)20(15,18)19/h1-12,14,23H;1-6H,(H2,15,18,19). The second-order valence-electron chi connectivity index (χ2n) is 9.26. The van der Waals surface area contributed by atoms with Gasteiger partial charge in [0.1, 0.15) is 23.3 Å². The lowest BCUT2D eigenvalue weighted by molar-refractivity contribution is -0.141. The molecular formula is C32H22F3N5O3S. The molecule has 44 heavy (non-hydrogen) atoms. The van der Waals surface area contributed by atoms with E-state index in [1.807, 2.05) is 60.7 Å². The number of alkyl halides is 3. The van der Waals surface area contributed by atoms with Crippen molar-refractivity contribution in [1.29, 1.82) is 5.26 Å². The first-order valence-electron chi connectivity index (χ1n) is 12.9. The summed E-state index contributed by atoms with van der Waals surface area (Å²) in [4.78, 5) is 9.77. The van der Waals surface area contributed by atoms with Crippen molar-refractivity contribution in [2.24, 2.45) is 5.14 Å². The molecule has 0 aliphatic heterocycles. The molecule has 2 heterocycles. The zero-order valence-electron chi connectivity index (χ0n) is 22.7. The predicted molar refractivity (Wildman–Crippen MR) is 159 cm³/mol. The van der Waals surface area contributed by atoms with Crippen molar-refractivity contribution in [3.05, 3.63) is 127 Å². The number of nitrogens with zero attached hydrogens (tertiary/aromatic N) is 3. The summed E-state index contributed by atoms with van der Waals surface area (Å²) in [6.45, 7) is 0. The maximum atomic E-state index is 12.6. The topological polar surface area (TPSA) is 135 Å². The second kappa shape index (κ2) is 12.4. The van der Waals surface area contributed by atoms with Crippen LogP contribution in [-0.2, 0) is 16.2 Å². The normalized spacial score (nSPS) is 11.3. The molecule has 0 unspecified atom stereocenters. The molecule has 0 saturated heterocycles. The van der Waals surface area contributed by atoms with Crippen LogP contribution in [0.5, 0.6) is 11.5 Å². The molecule has 0 aliphatic carbocycles. The van der Waals surface area contributed by atoms with Gasteiger partial charge in [0, 0.05) is 23.5 Å². The van der Waals surface area contributed by atoms with E-state index in [-0.39, 0.29) is 16.3 Å². The molecule has 0 atom stereocenters. The van der Waals surface area contributed by atoms with E-state index in [0.29, 0.717) is 17.4 Å². The number of hydrogen-bond donors (Lipinski definition) is 2. The van der Waals surface area contributed by atoms with Gasteiger partial charge in [0.2, 0.25) is 10.0 Å². The number of ether oxygens (including phenoxy) is 1. The minimum absolute atomic E-state index is 0.0823. The highest BCUT2D eigenvalue weighted by molar-refractivity contribution is 7.89. The maximum absolute atomic E-state index is 12.6. The number of halogens is 3. The number of aromatic amines is 1. The SMILES string of the molecule is N#Cc1c[nH]c2cccc(Oc3ccccc3-c3ccccc3)c12.NS(=O)(=O)c1ccccc1-c1nccc(C(F)(F)F)n1. The van der Waals surface area contributed by atoms with E-state index in [0.717, 1.165) is 34.0 Å². The van der Waals surface area contributed by atoms with E-state index in [1.165, 1.54) is 24.3 Å². The summed E-state index contributed by atoms with van der Waals surface area (Å²) in [7, 11) is -4.09. The number of nitrogens with two attached hydrogens (primary N) is 1. The fourth-order valence-electron chi connectivity index (χ4n) is 4.40. The lowest BCUT2D eigenvalue weighted by atomic mass is 10.0. The predicted octanol–water partition coefficient (Wildman–Crippen LogP) is 7.31. The highest BCUT2D eigenvalue weighted by Crippen LogP contribution is 2.37. The summed E-state index contributed by atoms with van der Waals surface area (Å²) < 4.78 is 66.8. The summed E-state index contributed by atoms with van der Waals surface area (Å²) in [5, 5.41) is 15.1. The molecule has 6 aromatic rings. The zero-order chi connectivity index (χ0) is 31.3. The molecule has 6 rings (SSSR count). The average molecular weight is 614 g/mol. The van der Waals surface area contributed by atoms with Crippen LogP contribution in [0.15, 0.2) is 120 Å². The van der Waals surface area contributed by atoms with Crippen LogP contribution in [0.3, 0.4) is 0 Å². The molecule has 0 saturated carbocycles. The summed E-state index contributed by atoms with van der Waals surface area (Å²) in [5.41, 5.74) is 2.34. The van der Waals surface area contributed by atoms with E-state index in [4.69, 9.17) is 9.88 Å². The number of para-hydroxylation sites is 1. The Kier molecular flexibility index (Phi) is 8.43. The van der Waals surface area contributed by atoms with E-state index in [2.05, 4.69) is 33.2 Å². The molecule has 3 N–H and O–H groups in total. The van der Waals surface area contributed by atoms with Crippen LogP contribution in [0.1, 0.15) is 11.3 Å². The van der Waals surface area contributed by atoms with Gasteiger partial charge < -0.3 is 9.72 Å². The highest BCUT2D eigenvalue weighted by Gasteiger charge is 2.33. The van der Waals surface area contributed by atoms with Gasteiger partial charge in [-0.15, -0.1) is 0 Å². The smallest absolute Gasteiger partial charge is 0.433 e.